The third-order valence-electron chi connectivity index (χ3n) is 16.9. The molecular weight excluding hydrogens is 837 g/mol. The molecule has 4 heterocycles. The Kier molecular flexibility index (Phi) is 16.2. The van der Waals surface area contributed by atoms with Crippen molar-refractivity contribution in [3.8, 4) is 12.3 Å². The average Bonchev–Trinajstić information content (AvgIpc) is 3.44. The van der Waals surface area contributed by atoms with E-state index in [0.29, 0.717) is 5.92 Å². The maximum atomic E-state index is 6.64. The molecule has 4 aromatic heterocycles. The van der Waals surface area contributed by atoms with Gasteiger partial charge in [-0.3, -0.25) is 19.9 Å². The van der Waals surface area contributed by atoms with Gasteiger partial charge in [0.2, 0.25) is 0 Å². The van der Waals surface area contributed by atoms with Crippen LogP contribution in [0.4, 0.5) is 0 Å². The molecule has 0 bridgehead atoms. The summed E-state index contributed by atoms with van der Waals surface area (Å²) in [5, 5.41) is 0. The van der Waals surface area contributed by atoms with Gasteiger partial charge in [-0.05, 0) is 139 Å². The Morgan fingerprint density at radius 2 is 1.22 bits per heavy atom. The minimum absolute atomic E-state index is 0.0460. The summed E-state index contributed by atoms with van der Waals surface area (Å²) in [5.74, 6) is 5.04. The first-order valence-electron chi connectivity index (χ1n) is 26.4. The Labute approximate surface area is 413 Å². The number of aryl methyl sites for hydroxylation is 1. The van der Waals surface area contributed by atoms with Crippen LogP contribution >= 0.6 is 0 Å². The lowest BCUT2D eigenvalue weighted by molar-refractivity contribution is 0.0790. The molecule has 0 N–H and O–H groups in total. The molecule has 2 fully saturated rings. The van der Waals surface area contributed by atoms with E-state index in [9.17, 15) is 0 Å². The van der Waals surface area contributed by atoms with Gasteiger partial charge in [0.25, 0.3) is 0 Å². The zero-order valence-corrected chi connectivity index (χ0v) is 40.8. The van der Waals surface area contributed by atoms with Crippen LogP contribution in [0.15, 0.2) is 189 Å². The fraction of sp³-hybridized carbons (Fsp3) is 0.385. The number of rotatable bonds is 21. The molecule has 4 nitrogen and oxygen atoms in total. The lowest BCUT2D eigenvalue weighted by Gasteiger charge is -2.54. The fourth-order valence-corrected chi connectivity index (χ4v) is 13.6. The molecule has 2 aliphatic rings. The van der Waals surface area contributed by atoms with E-state index in [4.69, 9.17) is 26.4 Å². The van der Waals surface area contributed by atoms with E-state index in [1.54, 1.807) is 0 Å². The second kappa shape index (κ2) is 23.4. The number of nitrogens with zero attached hydrogens (tertiary/aromatic N) is 4. The molecule has 352 valence electrons. The van der Waals surface area contributed by atoms with E-state index in [-0.39, 0.29) is 17.3 Å². The molecule has 7 aromatic rings. The molecular formula is C65H72N4. The summed E-state index contributed by atoms with van der Waals surface area (Å²) >= 11 is 0. The first-order valence-corrected chi connectivity index (χ1v) is 26.4. The van der Waals surface area contributed by atoms with Crippen LogP contribution in [0.5, 0.6) is 0 Å². The van der Waals surface area contributed by atoms with Gasteiger partial charge in [-0.25, -0.2) is 0 Å². The summed E-state index contributed by atoms with van der Waals surface area (Å²) in [6.45, 7) is 0. The summed E-state index contributed by atoms with van der Waals surface area (Å²) < 4.78 is 0. The molecule has 2 saturated carbocycles. The normalized spacial score (nSPS) is 18.1. The number of benzene rings is 3. The molecule has 5 atom stereocenters. The standard InChI is InChI=1S/C65H72N4/c1-2-63(41-20-7-21-42-63)60(54-29-12-5-13-30-54)35-17-16-34-58(61-36-18-22-45-68-61)59(55-31-24-44-67-51-55)50-64(56-39-47-66-48-40-56,43-38-52-25-8-3-9-26-52)65(57-32-14-6-15-33-57,62-37-19-23-46-69-62)49-53-27-10-4-11-28-53/h1,3-4,6,8-11,14-15,18-19,22-28,31-33,36-37,39-40,44-48,51,54,58-60H,5,7,12-13,16-17,20-21,29-30,34-35,38,41-43,49-50H2. The minimum atomic E-state index is -0.640. The Morgan fingerprint density at radius 3 is 1.87 bits per heavy atom. The number of terminal acetylenes is 1. The minimum Gasteiger partial charge on any atom is -0.265 e. The van der Waals surface area contributed by atoms with Crippen molar-refractivity contribution in [3.05, 3.63) is 228 Å². The van der Waals surface area contributed by atoms with Gasteiger partial charge in [0.1, 0.15) is 0 Å². The molecule has 69 heavy (non-hydrogen) atoms. The number of hydrogen-bond acceptors (Lipinski definition) is 4. The van der Waals surface area contributed by atoms with Gasteiger partial charge in [0.05, 0.1) is 11.1 Å². The van der Waals surface area contributed by atoms with Crippen LogP contribution in [-0.4, -0.2) is 19.9 Å². The van der Waals surface area contributed by atoms with Crippen molar-refractivity contribution in [3.63, 3.8) is 0 Å². The lowest BCUT2D eigenvalue weighted by Crippen LogP contribution is -2.53. The average molecular weight is 909 g/mol. The van der Waals surface area contributed by atoms with Crippen molar-refractivity contribution in [1.82, 2.24) is 19.9 Å². The highest BCUT2D eigenvalue weighted by Crippen LogP contribution is 2.59. The van der Waals surface area contributed by atoms with Crippen molar-refractivity contribution in [2.45, 2.75) is 138 Å². The van der Waals surface area contributed by atoms with Crippen LogP contribution in [0.25, 0.3) is 0 Å². The SMILES string of the molecule is C#CC1(C(CCCCC(c2ccccn2)C(CC(CCc2ccccc2)(c2ccncc2)C(Cc2ccccc2)(c2ccccc2)c2ccccn2)c2cccnc2)C2CCCCC2)CCCCC1. The molecule has 0 radical (unpaired) electrons. The third kappa shape index (κ3) is 10.8. The van der Waals surface area contributed by atoms with Crippen molar-refractivity contribution in [2.24, 2.45) is 17.3 Å². The summed E-state index contributed by atoms with van der Waals surface area (Å²) in [5.41, 5.74) is 7.48. The summed E-state index contributed by atoms with van der Waals surface area (Å²) in [7, 11) is 0. The van der Waals surface area contributed by atoms with E-state index in [2.05, 4.69) is 164 Å². The third-order valence-corrected chi connectivity index (χ3v) is 16.9. The highest BCUT2D eigenvalue weighted by Gasteiger charge is 2.56. The maximum absolute atomic E-state index is 6.64. The number of hydrogen-bond donors (Lipinski definition) is 0. The van der Waals surface area contributed by atoms with Crippen LogP contribution in [0.2, 0.25) is 0 Å². The number of aromatic nitrogens is 4. The Bertz CT molecular complexity index is 2550. The van der Waals surface area contributed by atoms with Gasteiger partial charge in [0.15, 0.2) is 0 Å². The Morgan fingerprint density at radius 1 is 0.565 bits per heavy atom. The van der Waals surface area contributed by atoms with Gasteiger partial charge in [-0.1, -0.05) is 179 Å². The summed E-state index contributed by atoms with van der Waals surface area (Å²) in [6, 6.07) is 55.8. The zero-order valence-electron chi connectivity index (χ0n) is 40.8. The molecule has 9 rings (SSSR count). The predicted molar refractivity (Wildman–Crippen MR) is 284 cm³/mol. The van der Waals surface area contributed by atoms with Gasteiger partial charge in [0, 0.05) is 59.6 Å². The van der Waals surface area contributed by atoms with Crippen LogP contribution in [0, 0.1) is 29.6 Å². The van der Waals surface area contributed by atoms with Crippen LogP contribution in [0.1, 0.15) is 154 Å². The number of pyridine rings is 4. The predicted octanol–water partition coefficient (Wildman–Crippen LogP) is 15.7. The maximum Gasteiger partial charge on any atom is 0.0521 e. The van der Waals surface area contributed by atoms with E-state index < -0.39 is 10.8 Å². The van der Waals surface area contributed by atoms with Gasteiger partial charge in [-0.15, -0.1) is 6.42 Å². The second-order valence-corrected chi connectivity index (χ2v) is 20.6. The summed E-state index contributed by atoms with van der Waals surface area (Å²) in [6.07, 6.45) is 39.6. The zero-order chi connectivity index (χ0) is 47.0. The van der Waals surface area contributed by atoms with Gasteiger partial charge < -0.3 is 0 Å². The summed E-state index contributed by atoms with van der Waals surface area (Å²) in [4.78, 5) is 20.4. The second-order valence-electron chi connectivity index (χ2n) is 20.6. The molecule has 2 aliphatic carbocycles. The van der Waals surface area contributed by atoms with Crippen molar-refractivity contribution in [2.75, 3.05) is 0 Å². The topological polar surface area (TPSA) is 51.6 Å². The fourth-order valence-electron chi connectivity index (χ4n) is 13.6. The van der Waals surface area contributed by atoms with Gasteiger partial charge >= 0.3 is 0 Å². The molecule has 3 aromatic carbocycles. The lowest BCUT2D eigenvalue weighted by atomic mass is 9.48. The van der Waals surface area contributed by atoms with Crippen molar-refractivity contribution < 1.29 is 0 Å². The van der Waals surface area contributed by atoms with Crippen LogP contribution in [0.3, 0.4) is 0 Å². The molecule has 0 saturated heterocycles. The highest BCUT2D eigenvalue weighted by molar-refractivity contribution is 5.50. The van der Waals surface area contributed by atoms with E-state index in [1.807, 2.05) is 31.0 Å². The van der Waals surface area contributed by atoms with Crippen LogP contribution in [-0.2, 0) is 23.7 Å². The molecule has 4 heteroatoms. The van der Waals surface area contributed by atoms with Crippen LogP contribution < -0.4 is 0 Å². The largest absolute Gasteiger partial charge is 0.265 e. The van der Waals surface area contributed by atoms with Gasteiger partial charge in [-0.2, -0.15) is 0 Å². The smallest absolute Gasteiger partial charge is 0.0521 e. The van der Waals surface area contributed by atoms with Crippen molar-refractivity contribution in [1.29, 1.82) is 0 Å². The molecule has 0 amide bonds. The Hall–Kier alpha value is -6.18. The van der Waals surface area contributed by atoms with E-state index in [1.165, 1.54) is 105 Å². The molecule has 0 spiro atoms. The monoisotopic (exact) mass is 909 g/mol. The first kappa shape index (κ1) is 47.9. The first-order chi connectivity index (χ1) is 34.1. The van der Waals surface area contributed by atoms with E-state index >= 15 is 0 Å². The molecule has 5 unspecified atom stereocenters. The highest BCUT2D eigenvalue weighted by atomic mass is 14.8. The number of unbranched alkanes of at least 4 members (excludes halogenated alkanes) is 1. The van der Waals surface area contributed by atoms with E-state index in [0.717, 1.165) is 55.8 Å². The Balaban J connectivity index is 1.22. The molecule has 0 aliphatic heterocycles. The van der Waals surface area contributed by atoms with Crippen molar-refractivity contribution >= 4 is 0 Å². The quantitative estimate of drug-likeness (QED) is 0.0532.